The molecular weight excluding hydrogens is 188 g/mol. The molecule has 0 aromatic heterocycles. The van der Waals surface area contributed by atoms with Gasteiger partial charge in [-0.2, -0.15) is 0 Å². The number of hydrogen-bond donors (Lipinski definition) is 1. The first kappa shape index (κ1) is 10.9. The Labute approximate surface area is 92.0 Å². The lowest BCUT2D eigenvalue weighted by molar-refractivity contribution is -0.136. The topological polar surface area (TPSA) is 46.3 Å². The number of nitrogens with two attached hydrogens (primary N) is 1. The van der Waals surface area contributed by atoms with Gasteiger partial charge in [-0.05, 0) is 37.5 Å². The van der Waals surface area contributed by atoms with Gasteiger partial charge in [0.25, 0.3) is 0 Å². The second kappa shape index (κ2) is 4.12. The van der Waals surface area contributed by atoms with E-state index < -0.39 is 0 Å². The fourth-order valence-electron chi connectivity index (χ4n) is 3.36. The van der Waals surface area contributed by atoms with E-state index in [9.17, 15) is 4.79 Å². The van der Waals surface area contributed by atoms with Gasteiger partial charge in [-0.15, -0.1) is 0 Å². The van der Waals surface area contributed by atoms with E-state index in [1.807, 2.05) is 14.1 Å². The van der Waals surface area contributed by atoms with E-state index in [4.69, 9.17) is 5.73 Å². The first-order chi connectivity index (χ1) is 7.09. The third-order valence-corrected chi connectivity index (χ3v) is 4.20. The molecule has 3 nitrogen and oxygen atoms in total. The highest BCUT2D eigenvalue weighted by Gasteiger charge is 2.40. The zero-order chi connectivity index (χ0) is 11.0. The van der Waals surface area contributed by atoms with Gasteiger partial charge in [0, 0.05) is 26.1 Å². The highest BCUT2D eigenvalue weighted by atomic mass is 16.2. The molecule has 2 aliphatic rings. The molecule has 0 radical (unpaired) electrons. The second-order valence-electron chi connectivity index (χ2n) is 5.43. The molecular formula is C12H22N2O. The summed E-state index contributed by atoms with van der Waals surface area (Å²) in [6, 6.07) is 0.366. The predicted octanol–water partition coefficient (Wildman–Crippen LogP) is 1.23. The van der Waals surface area contributed by atoms with Crippen molar-refractivity contribution in [2.75, 3.05) is 14.1 Å². The third kappa shape index (κ3) is 2.03. The summed E-state index contributed by atoms with van der Waals surface area (Å²) in [6.45, 7) is 0. The van der Waals surface area contributed by atoms with Gasteiger partial charge >= 0.3 is 0 Å². The molecule has 0 aromatic rings. The average Bonchev–Trinajstić information content (AvgIpc) is 2.16. The molecule has 0 aromatic carbocycles. The highest BCUT2D eigenvalue weighted by Crippen LogP contribution is 2.42. The van der Waals surface area contributed by atoms with Crippen LogP contribution in [0.15, 0.2) is 0 Å². The minimum absolute atomic E-state index is 0.245. The molecule has 2 bridgehead atoms. The number of amides is 1. The van der Waals surface area contributed by atoms with Crippen molar-refractivity contribution in [1.29, 1.82) is 0 Å². The normalized spacial score (nSPS) is 39.9. The molecule has 1 amide bonds. The maximum atomic E-state index is 11.9. The minimum atomic E-state index is 0.245. The molecule has 2 rings (SSSR count). The van der Waals surface area contributed by atoms with Gasteiger partial charge in [-0.25, -0.2) is 0 Å². The first-order valence-electron chi connectivity index (χ1n) is 6.06. The van der Waals surface area contributed by atoms with Crippen LogP contribution in [0.5, 0.6) is 0 Å². The standard InChI is InChI=1S/C12H22N2O/c1-14(2)12(15)10-6-8-4-3-5-9(7-10)11(8)13/h8-11H,3-7,13H2,1-2H3. The summed E-state index contributed by atoms with van der Waals surface area (Å²) in [5.74, 6) is 1.76. The van der Waals surface area contributed by atoms with Crippen LogP contribution < -0.4 is 5.73 Å². The lowest BCUT2D eigenvalue weighted by Crippen LogP contribution is -2.48. The Hall–Kier alpha value is -0.570. The van der Waals surface area contributed by atoms with Crippen molar-refractivity contribution in [2.45, 2.75) is 38.1 Å². The van der Waals surface area contributed by atoms with Crippen LogP contribution in [0.25, 0.3) is 0 Å². The monoisotopic (exact) mass is 210 g/mol. The summed E-state index contributed by atoms with van der Waals surface area (Å²) in [7, 11) is 3.71. The number of carbonyl (C=O) groups is 1. The molecule has 3 heteroatoms. The Balaban J connectivity index is 2.04. The highest BCUT2D eigenvalue weighted by molar-refractivity contribution is 5.78. The Morgan fingerprint density at radius 2 is 1.73 bits per heavy atom. The van der Waals surface area contributed by atoms with Crippen LogP contribution in [-0.2, 0) is 4.79 Å². The van der Waals surface area contributed by atoms with Crippen LogP contribution in [0.3, 0.4) is 0 Å². The quantitative estimate of drug-likeness (QED) is 0.707. The van der Waals surface area contributed by atoms with E-state index in [-0.39, 0.29) is 5.92 Å². The molecule has 0 aliphatic heterocycles. The molecule has 0 spiro atoms. The smallest absolute Gasteiger partial charge is 0.225 e. The lowest BCUT2D eigenvalue weighted by Gasteiger charge is -2.44. The van der Waals surface area contributed by atoms with E-state index in [0.717, 1.165) is 12.8 Å². The van der Waals surface area contributed by atoms with Crippen molar-refractivity contribution >= 4 is 5.91 Å². The summed E-state index contributed by atoms with van der Waals surface area (Å²) in [4.78, 5) is 13.7. The Morgan fingerprint density at radius 1 is 1.20 bits per heavy atom. The molecule has 0 saturated heterocycles. The molecule has 2 saturated carbocycles. The van der Waals surface area contributed by atoms with Gasteiger partial charge in [0.1, 0.15) is 0 Å². The molecule has 2 N–H and O–H groups in total. The van der Waals surface area contributed by atoms with Gasteiger partial charge in [0.15, 0.2) is 0 Å². The Morgan fingerprint density at radius 3 is 2.20 bits per heavy atom. The summed E-state index contributed by atoms with van der Waals surface area (Å²) < 4.78 is 0. The van der Waals surface area contributed by atoms with Gasteiger partial charge in [-0.3, -0.25) is 4.79 Å². The maximum absolute atomic E-state index is 11.9. The first-order valence-corrected chi connectivity index (χ1v) is 6.06. The van der Waals surface area contributed by atoms with Crippen LogP contribution in [0, 0.1) is 17.8 Å². The van der Waals surface area contributed by atoms with E-state index in [0.29, 0.717) is 23.8 Å². The Bertz CT molecular complexity index is 238. The van der Waals surface area contributed by atoms with Gasteiger partial charge in [-0.1, -0.05) is 6.42 Å². The zero-order valence-corrected chi connectivity index (χ0v) is 9.78. The van der Waals surface area contributed by atoms with Crippen molar-refractivity contribution in [1.82, 2.24) is 4.90 Å². The second-order valence-corrected chi connectivity index (χ2v) is 5.43. The van der Waals surface area contributed by atoms with Crippen LogP contribution in [0.2, 0.25) is 0 Å². The van der Waals surface area contributed by atoms with Crippen molar-refractivity contribution < 1.29 is 4.79 Å². The fourth-order valence-corrected chi connectivity index (χ4v) is 3.36. The van der Waals surface area contributed by atoms with Crippen molar-refractivity contribution in [3.63, 3.8) is 0 Å². The zero-order valence-electron chi connectivity index (χ0n) is 9.78. The van der Waals surface area contributed by atoms with Crippen LogP contribution >= 0.6 is 0 Å². The summed E-state index contributed by atoms with van der Waals surface area (Å²) >= 11 is 0. The number of carbonyl (C=O) groups excluding carboxylic acids is 1. The molecule has 2 fully saturated rings. The maximum Gasteiger partial charge on any atom is 0.225 e. The summed E-state index contributed by atoms with van der Waals surface area (Å²) in [6.07, 6.45) is 5.82. The van der Waals surface area contributed by atoms with E-state index >= 15 is 0 Å². The summed E-state index contributed by atoms with van der Waals surface area (Å²) in [5.41, 5.74) is 6.20. The number of nitrogens with zero attached hydrogens (tertiary/aromatic N) is 1. The molecule has 0 heterocycles. The van der Waals surface area contributed by atoms with Crippen LogP contribution in [0.4, 0.5) is 0 Å². The molecule has 2 aliphatic carbocycles. The van der Waals surface area contributed by atoms with Gasteiger partial charge < -0.3 is 10.6 Å². The van der Waals surface area contributed by atoms with Crippen molar-refractivity contribution in [3.05, 3.63) is 0 Å². The SMILES string of the molecule is CN(C)C(=O)C1CC2CCCC(C1)C2N. The minimum Gasteiger partial charge on any atom is -0.349 e. The van der Waals surface area contributed by atoms with Gasteiger partial charge in [0.05, 0.1) is 0 Å². The van der Waals surface area contributed by atoms with Crippen LogP contribution in [-0.4, -0.2) is 30.9 Å². The largest absolute Gasteiger partial charge is 0.349 e. The number of fused-ring (bicyclic) bond motifs is 2. The van der Waals surface area contributed by atoms with Gasteiger partial charge in [0.2, 0.25) is 5.91 Å². The van der Waals surface area contributed by atoms with E-state index in [2.05, 4.69) is 0 Å². The predicted molar refractivity (Wildman–Crippen MR) is 60.2 cm³/mol. The van der Waals surface area contributed by atoms with Crippen LogP contribution in [0.1, 0.15) is 32.1 Å². The lowest BCUT2D eigenvalue weighted by atomic mass is 9.65. The average molecular weight is 210 g/mol. The summed E-state index contributed by atoms with van der Waals surface area (Å²) in [5, 5.41) is 0. The van der Waals surface area contributed by atoms with Crippen molar-refractivity contribution in [2.24, 2.45) is 23.5 Å². The Kier molecular flexibility index (Phi) is 3.01. The number of hydrogen-bond acceptors (Lipinski definition) is 2. The fraction of sp³-hybridized carbons (Fsp3) is 0.917. The van der Waals surface area contributed by atoms with E-state index in [1.54, 1.807) is 4.90 Å². The van der Waals surface area contributed by atoms with Crippen molar-refractivity contribution in [3.8, 4) is 0 Å². The molecule has 15 heavy (non-hydrogen) atoms. The number of rotatable bonds is 1. The molecule has 2 atom stereocenters. The van der Waals surface area contributed by atoms with E-state index in [1.165, 1.54) is 19.3 Å². The molecule has 86 valence electrons. The molecule has 2 unspecified atom stereocenters. The third-order valence-electron chi connectivity index (χ3n) is 4.20.